The molecule has 0 saturated carbocycles. The van der Waals surface area contributed by atoms with Gasteiger partial charge >= 0.3 is 0 Å². The van der Waals surface area contributed by atoms with E-state index in [1.54, 1.807) is 30.3 Å². The SMILES string of the molecule is CCCCCCCC(=O)N[C@H](CC(N)=O)C(=O)c1ccccc1. The summed E-state index contributed by atoms with van der Waals surface area (Å²) in [5, 5.41) is 2.65. The molecule has 0 radical (unpaired) electrons. The minimum absolute atomic E-state index is 0.185. The van der Waals surface area contributed by atoms with Crippen molar-refractivity contribution >= 4 is 17.6 Å². The van der Waals surface area contributed by atoms with Crippen LogP contribution in [0.1, 0.15) is 62.2 Å². The van der Waals surface area contributed by atoms with Crippen molar-refractivity contribution in [3.8, 4) is 0 Å². The van der Waals surface area contributed by atoms with Gasteiger partial charge in [0, 0.05) is 12.0 Å². The summed E-state index contributed by atoms with van der Waals surface area (Å²) < 4.78 is 0. The van der Waals surface area contributed by atoms with Gasteiger partial charge in [0.15, 0.2) is 5.78 Å². The van der Waals surface area contributed by atoms with Crippen molar-refractivity contribution in [2.45, 2.75) is 57.9 Å². The molecule has 0 saturated heterocycles. The molecule has 23 heavy (non-hydrogen) atoms. The van der Waals surface area contributed by atoms with Crippen molar-refractivity contribution in [3.05, 3.63) is 35.9 Å². The Bertz CT molecular complexity index is 514. The van der Waals surface area contributed by atoms with Gasteiger partial charge < -0.3 is 11.1 Å². The maximum absolute atomic E-state index is 12.4. The smallest absolute Gasteiger partial charge is 0.220 e. The molecule has 0 spiro atoms. The van der Waals surface area contributed by atoms with Gasteiger partial charge in [0.1, 0.15) is 6.04 Å². The van der Waals surface area contributed by atoms with Crippen molar-refractivity contribution < 1.29 is 14.4 Å². The number of nitrogens with two attached hydrogens (primary N) is 1. The highest BCUT2D eigenvalue weighted by Crippen LogP contribution is 2.08. The molecule has 0 aromatic heterocycles. The zero-order valence-corrected chi connectivity index (χ0v) is 13.7. The van der Waals surface area contributed by atoms with Gasteiger partial charge in [0.25, 0.3) is 0 Å². The van der Waals surface area contributed by atoms with Gasteiger partial charge in [0.05, 0.1) is 6.42 Å². The molecular weight excluding hydrogens is 292 g/mol. The molecule has 0 fully saturated rings. The molecule has 1 aromatic carbocycles. The Kier molecular flexibility index (Phi) is 8.65. The number of rotatable bonds is 11. The molecule has 0 aliphatic rings. The monoisotopic (exact) mass is 318 g/mol. The van der Waals surface area contributed by atoms with E-state index in [4.69, 9.17) is 5.73 Å². The lowest BCUT2D eigenvalue weighted by Crippen LogP contribution is -2.43. The van der Waals surface area contributed by atoms with Crippen molar-refractivity contribution in [2.24, 2.45) is 5.73 Å². The standard InChI is InChI=1S/C18H26N2O3/c1-2-3-4-5-9-12-17(22)20-15(13-16(19)21)18(23)14-10-7-6-8-11-14/h6-8,10-11,15H,2-5,9,12-13H2,1H3,(H2,19,21)(H,20,22)/t15-/m1/s1. The summed E-state index contributed by atoms with van der Waals surface area (Å²) in [6, 6.07) is 7.71. The molecule has 1 rings (SSSR count). The van der Waals surface area contributed by atoms with Crippen LogP contribution in [0, 0.1) is 0 Å². The number of Topliss-reactive ketones (excluding diaryl/α,β-unsaturated/α-hetero) is 1. The fourth-order valence-corrected chi connectivity index (χ4v) is 2.37. The van der Waals surface area contributed by atoms with E-state index >= 15 is 0 Å². The van der Waals surface area contributed by atoms with Gasteiger partial charge in [0.2, 0.25) is 11.8 Å². The quantitative estimate of drug-likeness (QED) is 0.485. The van der Waals surface area contributed by atoms with Crippen LogP contribution in [-0.4, -0.2) is 23.6 Å². The molecule has 1 atom stereocenters. The fourth-order valence-electron chi connectivity index (χ4n) is 2.37. The molecule has 5 nitrogen and oxygen atoms in total. The maximum atomic E-state index is 12.4. The molecule has 0 aliphatic heterocycles. The Morgan fingerprint density at radius 1 is 1.04 bits per heavy atom. The number of carbonyl (C=O) groups excluding carboxylic acids is 3. The topological polar surface area (TPSA) is 89.3 Å². The van der Waals surface area contributed by atoms with E-state index in [0.717, 1.165) is 25.7 Å². The highest BCUT2D eigenvalue weighted by molar-refractivity contribution is 6.03. The third-order valence-electron chi connectivity index (χ3n) is 3.62. The van der Waals surface area contributed by atoms with Crippen LogP contribution in [0.5, 0.6) is 0 Å². The third-order valence-corrected chi connectivity index (χ3v) is 3.62. The molecule has 0 aliphatic carbocycles. The first kappa shape index (κ1) is 18.9. The van der Waals surface area contributed by atoms with Crippen LogP contribution in [0.4, 0.5) is 0 Å². The maximum Gasteiger partial charge on any atom is 0.220 e. The molecular formula is C18H26N2O3. The average molecular weight is 318 g/mol. The second-order valence-corrected chi connectivity index (χ2v) is 5.69. The molecule has 3 N–H and O–H groups in total. The summed E-state index contributed by atoms with van der Waals surface area (Å²) in [4.78, 5) is 35.6. The summed E-state index contributed by atoms with van der Waals surface area (Å²) in [7, 11) is 0. The van der Waals surface area contributed by atoms with Gasteiger partial charge in [-0.15, -0.1) is 0 Å². The summed E-state index contributed by atoms with van der Waals surface area (Å²) in [6.07, 6.45) is 5.38. The number of nitrogens with one attached hydrogen (secondary N) is 1. The summed E-state index contributed by atoms with van der Waals surface area (Å²) in [5.74, 6) is -1.11. The zero-order valence-electron chi connectivity index (χ0n) is 13.7. The van der Waals surface area contributed by atoms with Crippen LogP contribution in [0.3, 0.4) is 0 Å². The van der Waals surface area contributed by atoms with Crippen LogP contribution in [0.25, 0.3) is 0 Å². The van der Waals surface area contributed by atoms with E-state index in [0.29, 0.717) is 12.0 Å². The van der Waals surface area contributed by atoms with Crippen LogP contribution < -0.4 is 11.1 Å². The number of hydrogen-bond acceptors (Lipinski definition) is 3. The first-order chi connectivity index (χ1) is 11.0. The van der Waals surface area contributed by atoms with Crippen molar-refractivity contribution in [1.82, 2.24) is 5.32 Å². The number of primary amides is 1. The molecule has 2 amide bonds. The van der Waals surface area contributed by atoms with E-state index in [2.05, 4.69) is 12.2 Å². The minimum Gasteiger partial charge on any atom is -0.370 e. The summed E-state index contributed by atoms with van der Waals surface area (Å²) in [5.41, 5.74) is 5.66. The average Bonchev–Trinajstić information content (AvgIpc) is 2.53. The number of hydrogen-bond donors (Lipinski definition) is 2. The number of carbonyl (C=O) groups is 3. The summed E-state index contributed by atoms with van der Waals surface area (Å²) >= 11 is 0. The van der Waals surface area contributed by atoms with Gasteiger partial charge in [-0.2, -0.15) is 0 Å². The number of unbranched alkanes of at least 4 members (excludes halogenated alkanes) is 4. The fraction of sp³-hybridized carbons (Fsp3) is 0.500. The second kappa shape index (κ2) is 10.5. The lowest BCUT2D eigenvalue weighted by atomic mass is 10.0. The first-order valence-electron chi connectivity index (χ1n) is 8.21. The highest BCUT2D eigenvalue weighted by Gasteiger charge is 2.23. The highest BCUT2D eigenvalue weighted by atomic mass is 16.2. The van der Waals surface area contributed by atoms with E-state index in [9.17, 15) is 14.4 Å². The Balaban J connectivity index is 2.55. The van der Waals surface area contributed by atoms with E-state index in [-0.39, 0.29) is 18.1 Å². The predicted octanol–water partition coefficient (Wildman–Crippen LogP) is 2.59. The Labute approximate surface area is 137 Å². The molecule has 0 bridgehead atoms. The van der Waals surface area contributed by atoms with Gasteiger partial charge in [-0.05, 0) is 6.42 Å². The number of ketones is 1. The van der Waals surface area contributed by atoms with E-state index in [1.165, 1.54) is 6.42 Å². The number of amides is 2. The van der Waals surface area contributed by atoms with Crippen LogP contribution >= 0.6 is 0 Å². The van der Waals surface area contributed by atoms with Crippen molar-refractivity contribution in [3.63, 3.8) is 0 Å². The first-order valence-corrected chi connectivity index (χ1v) is 8.21. The largest absolute Gasteiger partial charge is 0.370 e. The van der Waals surface area contributed by atoms with E-state index < -0.39 is 11.9 Å². The molecule has 1 aromatic rings. The zero-order chi connectivity index (χ0) is 17.1. The lowest BCUT2D eigenvalue weighted by molar-refractivity contribution is -0.122. The molecule has 0 unspecified atom stereocenters. The second-order valence-electron chi connectivity index (χ2n) is 5.69. The lowest BCUT2D eigenvalue weighted by Gasteiger charge is -2.16. The Hall–Kier alpha value is -2.17. The summed E-state index contributed by atoms with van der Waals surface area (Å²) in [6.45, 7) is 2.14. The van der Waals surface area contributed by atoms with Crippen LogP contribution in [0.2, 0.25) is 0 Å². The van der Waals surface area contributed by atoms with Gasteiger partial charge in [-0.1, -0.05) is 62.9 Å². The normalized spacial score (nSPS) is 11.7. The number of benzene rings is 1. The van der Waals surface area contributed by atoms with Crippen molar-refractivity contribution in [2.75, 3.05) is 0 Å². The third kappa shape index (κ3) is 7.58. The molecule has 0 heterocycles. The predicted molar refractivity (Wildman–Crippen MR) is 89.9 cm³/mol. The van der Waals surface area contributed by atoms with Crippen LogP contribution in [0.15, 0.2) is 30.3 Å². The van der Waals surface area contributed by atoms with Gasteiger partial charge in [-0.3, -0.25) is 14.4 Å². The van der Waals surface area contributed by atoms with Gasteiger partial charge in [-0.25, -0.2) is 0 Å². The minimum atomic E-state index is -0.891. The van der Waals surface area contributed by atoms with Crippen LogP contribution in [-0.2, 0) is 9.59 Å². The molecule has 5 heteroatoms. The Morgan fingerprint density at radius 3 is 2.30 bits per heavy atom. The molecule has 126 valence electrons. The van der Waals surface area contributed by atoms with E-state index in [1.807, 2.05) is 0 Å². The van der Waals surface area contributed by atoms with Crippen molar-refractivity contribution in [1.29, 1.82) is 0 Å². The Morgan fingerprint density at radius 2 is 1.70 bits per heavy atom.